The SMILES string of the molecule is CCCc1c(N)noc1-c1cncc(C)c1. The van der Waals surface area contributed by atoms with Crippen LogP contribution in [-0.2, 0) is 6.42 Å². The van der Waals surface area contributed by atoms with Gasteiger partial charge in [0.15, 0.2) is 11.6 Å². The first-order valence-electron chi connectivity index (χ1n) is 5.38. The van der Waals surface area contributed by atoms with Crippen molar-refractivity contribution >= 4 is 5.82 Å². The van der Waals surface area contributed by atoms with Gasteiger partial charge in [-0.1, -0.05) is 18.5 Å². The summed E-state index contributed by atoms with van der Waals surface area (Å²) in [5, 5.41) is 3.82. The molecule has 0 saturated heterocycles. The van der Waals surface area contributed by atoms with Crippen LogP contribution in [0.25, 0.3) is 11.3 Å². The molecule has 4 heteroatoms. The van der Waals surface area contributed by atoms with E-state index < -0.39 is 0 Å². The van der Waals surface area contributed by atoms with Gasteiger partial charge in [0.25, 0.3) is 0 Å². The lowest BCUT2D eigenvalue weighted by Gasteiger charge is -2.01. The van der Waals surface area contributed by atoms with Crippen LogP contribution >= 0.6 is 0 Å². The van der Waals surface area contributed by atoms with Gasteiger partial charge in [-0.3, -0.25) is 4.98 Å². The molecule has 0 saturated carbocycles. The number of aryl methyl sites for hydroxylation is 1. The number of anilines is 1. The molecule has 84 valence electrons. The minimum atomic E-state index is 0.485. The summed E-state index contributed by atoms with van der Waals surface area (Å²) in [6.07, 6.45) is 5.46. The monoisotopic (exact) mass is 217 g/mol. The van der Waals surface area contributed by atoms with Gasteiger partial charge in [0.1, 0.15) is 0 Å². The second kappa shape index (κ2) is 4.35. The largest absolute Gasteiger partial charge is 0.381 e. The third-order valence-corrected chi connectivity index (χ3v) is 2.46. The average molecular weight is 217 g/mol. The van der Waals surface area contributed by atoms with Crippen LogP contribution in [0.3, 0.4) is 0 Å². The van der Waals surface area contributed by atoms with Gasteiger partial charge in [0.2, 0.25) is 0 Å². The molecule has 0 fully saturated rings. The van der Waals surface area contributed by atoms with Gasteiger partial charge < -0.3 is 10.3 Å². The minimum absolute atomic E-state index is 0.485. The van der Waals surface area contributed by atoms with Crippen molar-refractivity contribution in [1.29, 1.82) is 0 Å². The van der Waals surface area contributed by atoms with Gasteiger partial charge in [0, 0.05) is 23.5 Å². The lowest BCUT2D eigenvalue weighted by atomic mass is 10.1. The van der Waals surface area contributed by atoms with Gasteiger partial charge in [-0.15, -0.1) is 0 Å². The van der Waals surface area contributed by atoms with Crippen LogP contribution in [0.4, 0.5) is 5.82 Å². The maximum absolute atomic E-state index is 5.78. The van der Waals surface area contributed by atoms with Crippen molar-refractivity contribution < 1.29 is 4.52 Å². The summed E-state index contributed by atoms with van der Waals surface area (Å²) in [5.41, 5.74) is 8.79. The number of rotatable bonds is 3. The number of nitrogens with two attached hydrogens (primary N) is 1. The molecule has 0 atom stereocenters. The molecule has 2 aromatic rings. The first-order chi connectivity index (χ1) is 7.72. The molecule has 0 aliphatic rings. The van der Waals surface area contributed by atoms with E-state index in [2.05, 4.69) is 17.1 Å². The highest BCUT2D eigenvalue weighted by Crippen LogP contribution is 2.28. The first-order valence-corrected chi connectivity index (χ1v) is 5.38. The minimum Gasteiger partial charge on any atom is -0.381 e. The molecule has 0 aromatic carbocycles. The summed E-state index contributed by atoms with van der Waals surface area (Å²) in [4.78, 5) is 4.14. The smallest absolute Gasteiger partial charge is 0.173 e. The van der Waals surface area contributed by atoms with Crippen LogP contribution in [-0.4, -0.2) is 10.1 Å². The van der Waals surface area contributed by atoms with Crippen LogP contribution in [0.1, 0.15) is 24.5 Å². The molecule has 16 heavy (non-hydrogen) atoms. The summed E-state index contributed by atoms with van der Waals surface area (Å²) in [5.74, 6) is 1.23. The Balaban J connectivity index is 2.47. The lowest BCUT2D eigenvalue weighted by molar-refractivity contribution is 0.435. The van der Waals surface area contributed by atoms with Gasteiger partial charge in [0.05, 0.1) is 0 Å². The van der Waals surface area contributed by atoms with E-state index >= 15 is 0 Å². The number of hydrogen-bond acceptors (Lipinski definition) is 4. The maximum atomic E-state index is 5.78. The van der Waals surface area contributed by atoms with Crippen LogP contribution in [0.5, 0.6) is 0 Å². The molecule has 0 spiro atoms. The van der Waals surface area contributed by atoms with Gasteiger partial charge >= 0.3 is 0 Å². The van der Waals surface area contributed by atoms with Crippen molar-refractivity contribution in [2.75, 3.05) is 5.73 Å². The van der Waals surface area contributed by atoms with E-state index in [1.54, 1.807) is 6.20 Å². The fourth-order valence-corrected chi connectivity index (χ4v) is 1.72. The molecule has 0 amide bonds. The van der Waals surface area contributed by atoms with Gasteiger partial charge in [-0.25, -0.2) is 0 Å². The zero-order chi connectivity index (χ0) is 11.5. The standard InChI is InChI=1S/C12H15N3O/c1-3-4-10-11(16-15-12(10)13)9-5-8(2)6-14-7-9/h5-7H,3-4H2,1-2H3,(H2,13,15). The van der Waals surface area contributed by atoms with Crippen molar-refractivity contribution in [3.63, 3.8) is 0 Å². The topological polar surface area (TPSA) is 64.9 Å². The number of pyridine rings is 1. The van der Waals surface area contributed by atoms with Crippen molar-refractivity contribution in [2.24, 2.45) is 0 Å². The Kier molecular flexibility index (Phi) is 2.90. The third kappa shape index (κ3) is 1.91. The second-order valence-corrected chi connectivity index (χ2v) is 3.88. The van der Waals surface area contributed by atoms with E-state index in [0.717, 1.165) is 35.3 Å². The fraction of sp³-hybridized carbons (Fsp3) is 0.333. The molecule has 2 rings (SSSR count). The Bertz CT molecular complexity index is 491. The molecule has 2 aromatic heterocycles. The quantitative estimate of drug-likeness (QED) is 0.858. The average Bonchev–Trinajstić information content (AvgIpc) is 2.61. The summed E-state index contributed by atoms with van der Waals surface area (Å²) < 4.78 is 5.27. The van der Waals surface area contributed by atoms with Crippen molar-refractivity contribution in [3.05, 3.63) is 29.6 Å². The molecule has 0 aliphatic heterocycles. The molecule has 2 heterocycles. The number of nitrogens with zero attached hydrogens (tertiary/aromatic N) is 2. The van der Waals surface area contributed by atoms with Gasteiger partial charge in [-0.05, 0) is 25.0 Å². The Labute approximate surface area is 94.5 Å². The summed E-state index contributed by atoms with van der Waals surface area (Å²) >= 11 is 0. The summed E-state index contributed by atoms with van der Waals surface area (Å²) in [6.45, 7) is 4.10. The highest BCUT2D eigenvalue weighted by Gasteiger charge is 2.14. The Hall–Kier alpha value is -1.84. The highest BCUT2D eigenvalue weighted by atomic mass is 16.5. The Morgan fingerprint density at radius 3 is 2.88 bits per heavy atom. The number of hydrogen-bond donors (Lipinski definition) is 1. The van der Waals surface area contributed by atoms with E-state index in [-0.39, 0.29) is 0 Å². The first kappa shape index (κ1) is 10.7. The van der Waals surface area contributed by atoms with Crippen molar-refractivity contribution in [3.8, 4) is 11.3 Å². The zero-order valence-electron chi connectivity index (χ0n) is 9.53. The van der Waals surface area contributed by atoms with E-state index in [1.165, 1.54) is 0 Å². The third-order valence-electron chi connectivity index (χ3n) is 2.46. The summed E-state index contributed by atoms with van der Waals surface area (Å²) in [7, 11) is 0. The number of aromatic nitrogens is 2. The molecule has 0 radical (unpaired) electrons. The van der Waals surface area contributed by atoms with Crippen molar-refractivity contribution in [1.82, 2.24) is 10.1 Å². The zero-order valence-corrected chi connectivity index (χ0v) is 9.53. The molecule has 0 aliphatic carbocycles. The van der Waals surface area contributed by atoms with Crippen LogP contribution in [0, 0.1) is 6.92 Å². The highest BCUT2D eigenvalue weighted by molar-refractivity contribution is 5.65. The molecule has 0 bridgehead atoms. The predicted octanol–water partition coefficient (Wildman–Crippen LogP) is 2.58. The Morgan fingerprint density at radius 2 is 2.19 bits per heavy atom. The van der Waals surface area contributed by atoms with E-state index in [9.17, 15) is 0 Å². The van der Waals surface area contributed by atoms with Crippen LogP contribution in [0.15, 0.2) is 23.0 Å². The predicted molar refractivity (Wildman–Crippen MR) is 62.9 cm³/mol. The lowest BCUT2D eigenvalue weighted by Crippen LogP contribution is -1.93. The van der Waals surface area contributed by atoms with Crippen molar-refractivity contribution in [2.45, 2.75) is 26.7 Å². The van der Waals surface area contributed by atoms with E-state index in [4.69, 9.17) is 10.3 Å². The molecule has 2 N–H and O–H groups in total. The van der Waals surface area contributed by atoms with E-state index in [0.29, 0.717) is 5.82 Å². The van der Waals surface area contributed by atoms with Gasteiger partial charge in [-0.2, -0.15) is 0 Å². The van der Waals surface area contributed by atoms with Crippen LogP contribution < -0.4 is 5.73 Å². The summed E-state index contributed by atoms with van der Waals surface area (Å²) in [6, 6.07) is 2.02. The molecular formula is C12H15N3O. The Morgan fingerprint density at radius 1 is 1.38 bits per heavy atom. The second-order valence-electron chi connectivity index (χ2n) is 3.88. The molecule has 0 unspecified atom stereocenters. The van der Waals surface area contributed by atoms with Crippen LogP contribution in [0.2, 0.25) is 0 Å². The maximum Gasteiger partial charge on any atom is 0.173 e. The normalized spacial score (nSPS) is 10.6. The molecular weight excluding hydrogens is 202 g/mol. The molecule has 4 nitrogen and oxygen atoms in total. The van der Waals surface area contributed by atoms with E-state index in [1.807, 2.05) is 19.2 Å². The fourth-order valence-electron chi connectivity index (χ4n) is 1.72. The number of nitrogen functional groups attached to an aromatic ring is 1.